The highest BCUT2D eigenvalue weighted by molar-refractivity contribution is 6.48. The second-order valence-corrected chi connectivity index (χ2v) is 9.69. The molecule has 1 aromatic carbocycles. The van der Waals surface area contributed by atoms with Crippen LogP contribution in [0.3, 0.4) is 0 Å². The number of hydrogen-bond acceptors (Lipinski definition) is 6. The summed E-state index contributed by atoms with van der Waals surface area (Å²) in [5, 5.41) is 10.3. The molecule has 0 saturated carbocycles. The quantitative estimate of drug-likeness (QED) is 0.715. The normalized spacial score (nSPS) is 15.8. The van der Waals surface area contributed by atoms with E-state index in [0.29, 0.717) is 31.9 Å². The average molecular weight is 419 g/mol. The van der Waals surface area contributed by atoms with Gasteiger partial charge in [-0.3, -0.25) is 0 Å². The lowest BCUT2D eigenvalue weighted by molar-refractivity contribution is -0.0893. The topological polar surface area (TPSA) is 71.5 Å². The smallest absolute Gasteiger partial charge is 0.410 e. The van der Waals surface area contributed by atoms with Gasteiger partial charge in [-0.2, -0.15) is 0 Å². The Labute approximate surface area is 181 Å². The molecular weight excluding hydrogens is 383 g/mol. The molecule has 1 aliphatic heterocycles. The lowest BCUT2D eigenvalue weighted by atomic mass is 9.82. The maximum Gasteiger partial charge on any atom is 0.410 e. The van der Waals surface area contributed by atoms with Crippen LogP contribution in [0.2, 0.25) is 0 Å². The fourth-order valence-corrected chi connectivity index (χ4v) is 2.82. The third-order valence-electron chi connectivity index (χ3n) is 5.47. The number of ether oxygens (including phenoxy) is 2. The molecule has 30 heavy (non-hydrogen) atoms. The summed E-state index contributed by atoms with van der Waals surface area (Å²) in [6, 6.07) is 5.92. The van der Waals surface area contributed by atoms with E-state index in [9.17, 15) is 9.90 Å². The van der Waals surface area contributed by atoms with E-state index >= 15 is 0 Å². The zero-order valence-corrected chi connectivity index (χ0v) is 19.6. The molecule has 1 fully saturated rings. The van der Waals surface area contributed by atoms with Crippen molar-refractivity contribution in [2.24, 2.45) is 0 Å². The van der Waals surface area contributed by atoms with Crippen LogP contribution in [-0.2, 0) is 9.39 Å². The van der Waals surface area contributed by atoms with Gasteiger partial charge < -0.3 is 29.0 Å². The van der Waals surface area contributed by atoms with Crippen LogP contribution in [0, 0.1) is 0 Å². The molecule has 1 saturated heterocycles. The Bertz CT molecular complexity index is 732. The number of amides is 1. The van der Waals surface area contributed by atoms with Crippen molar-refractivity contribution in [1.82, 2.24) is 4.90 Å². The molecule has 1 N–H and O–H groups in total. The Hall–Kier alpha value is -1.93. The molecular formula is C22H36BN2O5. The number of aliphatic hydroxyl groups is 1. The van der Waals surface area contributed by atoms with Crippen LogP contribution in [0.1, 0.15) is 48.5 Å². The SMILES string of the molecule is COc1cc(N2CCN(C(=O)OC(C)(C)C)CC2)ccc1[B]OC(C)(C)C(C)(C)O. The predicted octanol–water partition coefficient (Wildman–Crippen LogP) is 2.56. The van der Waals surface area contributed by atoms with Crippen molar-refractivity contribution in [1.29, 1.82) is 0 Å². The number of rotatable bonds is 6. The van der Waals surface area contributed by atoms with E-state index in [1.54, 1.807) is 33.3 Å². The number of methoxy groups -OCH3 is 1. The van der Waals surface area contributed by atoms with Crippen LogP contribution in [0.5, 0.6) is 5.75 Å². The Kier molecular flexibility index (Phi) is 7.35. The monoisotopic (exact) mass is 419 g/mol. The first kappa shape index (κ1) is 24.3. The molecule has 0 spiro atoms. The summed E-state index contributed by atoms with van der Waals surface area (Å²) in [6.07, 6.45) is -0.267. The minimum absolute atomic E-state index is 0.267. The minimum atomic E-state index is -0.996. The summed E-state index contributed by atoms with van der Waals surface area (Å²) >= 11 is 0. The van der Waals surface area contributed by atoms with Gasteiger partial charge in [-0.1, -0.05) is 6.07 Å². The maximum absolute atomic E-state index is 12.3. The molecule has 0 bridgehead atoms. The zero-order chi connectivity index (χ0) is 22.7. The van der Waals surface area contributed by atoms with Gasteiger partial charge in [0.1, 0.15) is 11.4 Å². The molecule has 1 amide bonds. The summed E-state index contributed by atoms with van der Waals surface area (Å²) in [6.45, 7) is 15.4. The van der Waals surface area contributed by atoms with E-state index in [4.69, 9.17) is 14.1 Å². The number of benzene rings is 1. The van der Waals surface area contributed by atoms with Gasteiger partial charge in [0.05, 0.1) is 18.3 Å². The largest absolute Gasteiger partial charge is 0.497 e. The minimum Gasteiger partial charge on any atom is -0.497 e. The molecule has 167 valence electrons. The lowest BCUT2D eigenvalue weighted by Gasteiger charge is -2.38. The molecule has 1 heterocycles. The highest BCUT2D eigenvalue weighted by Crippen LogP contribution is 2.26. The van der Waals surface area contributed by atoms with Crippen LogP contribution < -0.4 is 15.1 Å². The first-order chi connectivity index (χ1) is 13.7. The second kappa shape index (κ2) is 9.06. The molecule has 1 aliphatic rings. The van der Waals surface area contributed by atoms with E-state index in [-0.39, 0.29) is 6.09 Å². The number of nitrogens with zero attached hydrogens (tertiary/aromatic N) is 2. The number of carbonyl (C=O) groups excluding carboxylic acids is 1. The van der Waals surface area contributed by atoms with E-state index in [1.165, 1.54) is 0 Å². The average Bonchev–Trinajstić information content (AvgIpc) is 2.64. The first-order valence-electron chi connectivity index (χ1n) is 10.4. The van der Waals surface area contributed by atoms with E-state index < -0.39 is 16.8 Å². The van der Waals surface area contributed by atoms with Gasteiger partial charge in [0.15, 0.2) is 0 Å². The molecule has 1 radical (unpaired) electrons. The van der Waals surface area contributed by atoms with E-state index in [0.717, 1.165) is 11.2 Å². The Morgan fingerprint density at radius 1 is 1.03 bits per heavy atom. The summed E-state index contributed by atoms with van der Waals surface area (Å²) in [5.41, 5.74) is -0.421. The van der Waals surface area contributed by atoms with Gasteiger partial charge in [-0.05, 0) is 60.0 Å². The van der Waals surface area contributed by atoms with E-state index in [1.807, 2.05) is 52.8 Å². The van der Waals surface area contributed by atoms with Crippen molar-refractivity contribution in [2.75, 3.05) is 38.2 Å². The van der Waals surface area contributed by atoms with Gasteiger partial charge >= 0.3 is 13.6 Å². The van der Waals surface area contributed by atoms with Crippen LogP contribution in [0.4, 0.5) is 10.5 Å². The molecule has 7 nitrogen and oxygen atoms in total. The van der Waals surface area contributed by atoms with Gasteiger partial charge in [0.2, 0.25) is 0 Å². The van der Waals surface area contributed by atoms with Crippen LogP contribution in [0.25, 0.3) is 0 Å². The summed E-state index contributed by atoms with van der Waals surface area (Å²) < 4.78 is 16.9. The summed E-state index contributed by atoms with van der Waals surface area (Å²) in [4.78, 5) is 16.2. The molecule has 0 aliphatic carbocycles. The van der Waals surface area contributed by atoms with Crippen LogP contribution >= 0.6 is 0 Å². The third kappa shape index (κ3) is 6.28. The molecule has 1 aromatic rings. The number of anilines is 1. The Balaban J connectivity index is 2.01. The van der Waals surface area contributed by atoms with Gasteiger partial charge in [-0.15, -0.1) is 0 Å². The zero-order valence-electron chi connectivity index (χ0n) is 19.6. The lowest BCUT2D eigenvalue weighted by Crippen LogP contribution is -2.50. The number of hydrogen-bond donors (Lipinski definition) is 1. The molecule has 0 aromatic heterocycles. The van der Waals surface area contributed by atoms with Gasteiger partial charge in [0, 0.05) is 37.9 Å². The molecule has 2 rings (SSSR count). The third-order valence-corrected chi connectivity index (χ3v) is 5.47. The van der Waals surface area contributed by atoms with Crippen molar-refractivity contribution >= 4 is 24.7 Å². The van der Waals surface area contributed by atoms with Crippen molar-refractivity contribution in [3.05, 3.63) is 18.2 Å². The highest BCUT2D eigenvalue weighted by Gasteiger charge is 2.36. The van der Waals surface area contributed by atoms with Crippen LogP contribution in [0.15, 0.2) is 18.2 Å². The second-order valence-electron chi connectivity index (χ2n) is 9.69. The number of carbonyl (C=O) groups is 1. The Morgan fingerprint density at radius 2 is 1.63 bits per heavy atom. The number of piperazine rings is 1. The van der Waals surface area contributed by atoms with Crippen molar-refractivity contribution in [3.63, 3.8) is 0 Å². The van der Waals surface area contributed by atoms with Crippen LogP contribution in [-0.4, -0.2) is 73.7 Å². The molecule has 8 heteroatoms. The summed E-state index contributed by atoms with van der Waals surface area (Å²) in [7, 11) is 3.25. The van der Waals surface area contributed by atoms with Crippen molar-refractivity contribution in [2.45, 2.75) is 65.3 Å². The first-order valence-corrected chi connectivity index (χ1v) is 10.4. The van der Waals surface area contributed by atoms with Gasteiger partial charge in [0.25, 0.3) is 0 Å². The van der Waals surface area contributed by atoms with Crippen molar-refractivity contribution < 1.29 is 24.0 Å². The fraction of sp³-hybridized carbons (Fsp3) is 0.682. The van der Waals surface area contributed by atoms with Crippen molar-refractivity contribution in [3.8, 4) is 5.75 Å². The van der Waals surface area contributed by atoms with E-state index in [2.05, 4.69) is 4.90 Å². The predicted molar refractivity (Wildman–Crippen MR) is 120 cm³/mol. The Morgan fingerprint density at radius 3 is 2.13 bits per heavy atom. The summed E-state index contributed by atoms with van der Waals surface area (Å²) in [5.74, 6) is 0.689. The van der Waals surface area contributed by atoms with Gasteiger partial charge in [-0.25, -0.2) is 4.79 Å². The maximum atomic E-state index is 12.3. The highest BCUT2D eigenvalue weighted by atomic mass is 16.6. The molecule has 0 unspecified atom stereocenters. The molecule has 0 atom stereocenters. The fourth-order valence-electron chi connectivity index (χ4n) is 2.82. The standard InChI is InChI=1S/C22H36BN2O5/c1-20(2,3)29-19(26)25-13-11-24(12-14-25)16-9-10-17(18(15-16)28-8)23-30-22(6,7)21(4,5)27/h9-10,15,27H,11-14H2,1-8H3.